The summed E-state index contributed by atoms with van der Waals surface area (Å²) in [5.41, 5.74) is -6.26. The van der Waals surface area contributed by atoms with Gasteiger partial charge in [-0.25, -0.2) is 14.4 Å². The monoisotopic (exact) mass is 796 g/mol. The topological polar surface area (TPSA) is 181 Å². The van der Waals surface area contributed by atoms with Crippen LogP contribution in [0.3, 0.4) is 0 Å². The molecule has 0 amide bonds. The van der Waals surface area contributed by atoms with Crippen molar-refractivity contribution in [3.05, 3.63) is 119 Å². The molecule has 7 rings (SSSR count). The van der Waals surface area contributed by atoms with Gasteiger partial charge in [-0.2, -0.15) is 0 Å². The second-order valence-corrected chi connectivity index (χ2v) is 16.4. The number of fused-ring (bicyclic) bond motifs is 4. The minimum absolute atomic E-state index is 0.0894. The molecule has 3 aromatic carbocycles. The molecule has 306 valence electrons. The number of hydrogen-bond acceptors (Lipinski definition) is 13. The Balaban J connectivity index is 1.55. The van der Waals surface area contributed by atoms with Crippen LogP contribution in [0.1, 0.15) is 85.5 Å². The zero-order chi connectivity index (χ0) is 41.8. The van der Waals surface area contributed by atoms with Crippen LogP contribution in [0, 0.1) is 16.7 Å². The Kier molecular flexibility index (Phi) is 10.6. The van der Waals surface area contributed by atoms with Gasteiger partial charge in [-0.1, -0.05) is 61.5 Å². The van der Waals surface area contributed by atoms with Crippen LogP contribution in [0.4, 0.5) is 0 Å². The molecule has 4 aliphatic rings. The summed E-state index contributed by atoms with van der Waals surface area (Å²) in [5.74, 6) is -5.10. The van der Waals surface area contributed by atoms with E-state index in [1.54, 1.807) is 92.7 Å². The molecule has 1 heterocycles. The van der Waals surface area contributed by atoms with E-state index in [1.807, 2.05) is 0 Å². The first-order valence-electron chi connectivity index (χ1n) is 19.3. The first kappa shape index (κ1) is 40.8. The predicted molar refractivity (Wildman–Crippen MR) is 205 cm³/mol. The van der Waals surface area contributed by atoms with Gasteiger partial charge in [0.1, 0.15) is 36.6 Å². The van der Waals surface area contributed by atoms with Crippen LogP contribution in [-0.4, -0.2) is 94.5 Å². The Morgan fingerprint density at radius 3 is 1.64 bits per heavy atom. The second-order valence-electron chi connectivity index (χ2n) is 16.4. The summed E-state index contributed by atoms with van der Waals surface area (Å²) in [4.78, 5) is 68.8. The molecular formula is C45H48O13. The van der Waals surface area contributed by atoms with Crippen LogP contribution in [0.2, 0.25) is 0 Å². The molecule has 3 aromatic rings. The Labute approximate surface area is 336 Å². The van der Waals surface area contributed by atoms with E-state index in [-0.39, 0.29) is 41.7 Å². The lowest BCUT2D eigenvalue weighted by molar-refractivity contribution is -0.350. The Hall–Kier alpha value is -5.37. The zero-order valence-electron chi connectivity index (χ0n) is 33.2. The molecule has 2 N–H and O–H groups in total. The second kappa shape index (κ2) is 15.1. The van der Waals surface area contributed by atoms with Crippen molar-refractivity contribution in [2.24, 2.45) is 16.7 Å². The van der Waals surface area contributed by atoms with E-state index in [0.29, 0.717) is 5.57 Å². The lowest BCUT2D eigenvalue weighted by atomic mass is 9.49. The maximum Gasteiger partial charge on any atom is 0.338 e. The minimum Gasteiger partial charge on any atom is -0.458 e. The van der Waals surface area contributed by atoms with Gasteiger partial charge >= 0.3 is 29.8 Å². The van der Waals surface area contributed by atoms with Crippen molar-refractivity contribution in [1.82, 2.24) is 0 Å². The van der Waals surface area contributed by atoms with Crippen LogP contribution in [0.25, 0.3) is 0 Å². The fourth-order valence-corrected chi connectivity index (χ4v) is 10.2. The summed E-state index contributed by atoms with van der Waals surface area (Å²) in [5, 5.41) is 25.8. The van der Waals surface area contributed by atoms with Crippen molar-refractivity contribution < 1.29 is 62.6 Å². The number of rotatable bonds is 9. The number of aliphatic hydroxyl groups is 2. The third-order valence-electron chi connectivity index (χ3n) is 12.7. The highest BCUT2D eigenvalue weighted by molar-refractivity contribution is 5.91. The SMILES string of the molecule is CC(=O)O[C@H]1C[C@]2(C(C)(C)O)C(=C1C)[C@@H](O)[C@H](OC(=O)c1ccccc1)[C@]1(C)[C@@H](OC(=O)c3ccccc3)C[C@H]3OC[C@@]3(OC(C)=O)[C@@H]1[C@@H]2OC(=O)c1ccccc1. The normalized spacial score (nSPS) is 32.5. The highest BCUT2D eigenvalue weighted by Gasteiger charge is 2.80. The van der Waals surface area contributed by atoms with Crippen LogP contribution >= 0.6 is 0 Å². The van der Waals surface area contributed by atoms with E-state index in [4.69, 9.17) is 28.4 Å². The first-order chi connectivity index (χ1) is 27.5. The van der Waals surface area contributed by atoms with Crippen molar-refractivity contribution in [2.75, 3.05) is 6.61 Å². The number of hydrogen-bond donors (Lipinski definition) is 2. The number of benzene rings is 3. The van der Waals surface area contributed by atoms with Gasteiger partial charge in [0.05, 0.1) is 45.6 Å². The quantitative estimate of drug-likeness (QED) is 0.165. The third kappa shape index (κ3) is 6.58. The van der Waals surface area contributed by atoms with Crippen molar-refractivity contribution in [3.63, 3.8) is 0 Å². The molecular weight excluding hydrogens is 748 g/mol. The first-order valence-corrected chi connectivity index (χ1v) is 19.3. The molecule has 0 aromatic heterocycles. The standard InChI is InChI=1S/C45H48O13/c1-25-31(54-26(2)46)23-44(42(4,5)52)34(25)35(48)37(56-40(50)29-18-12-8-13-19-29)43(6)32(55-39(49)28-16-10-7-11-17-28)22-33-45(24-53-33,58-27(3)47)36(43)38(44)57-41(51)30-20-14-9-15-21-30/h7-21,31-33,35-38,48,52H,22-24H2,1-6H3/t31-,32-,33+,35+,36+,37-,38-,43+,44-,45-/m0/s1. The summed E-state index contributed by atoms with van der Waals surface area (Å²) >= 11 is 0. The van der Waals surface area contributed by atoms with Gasteiger partial charge in [-0.05, 0) is 68.3 Å². The van der Waals surface area contributed by atoms with Crippen molar-refractivity contribution in [3.8, 4) is 0 Å². The molecule has 3 aliphatic carbocycles. The molecule has 58 heavy (non-hydrogen) atoms. The molecule has 1 aliphatic heterocycles. The molecule has 0 unspecified atom stereocenters. The lowest BCUT2D eigenvalue weighted by Crippen LogP contribution is -2.79. The Morgan fingerprint density at radius 1 is 0.724 bits per heavy atom. The van der Waals surface area contributed by atoms with Gasteiger partial charge in [0, 0.05) is 26.7 Å². The smallest absolute Gasteiger partial charge is 0.338 e. The number of carbonyl (C=O) groups excluding carboxylic acids is 5. The zero-order valence-corrected chi connectivity index (χ0v) is 33.2. The van der Waals surface area contributed by atoms with Gasteiger partial charge in [-0.3, -0.25) is 9.59 Å². The van der Waals surface area contributed by atoms with E-state index in [0.717, 1.165) is 0 Å². The van der Waals surface area contributed by atoms with Gasteiger partial charge in [-0.15, -0.1) is 0 Å². The Morgan fingerprint density at radius 2 is 1.21 bits per heavy atom. The fourth-order valence-electron chi connectivity index (χ4n) is 10.2. The van der Waals surface area contributed by atoms with Crippen LogP contribution in [0.15, 0.2) is 102 Å². The average Bonchev–Trinajstić information content (AvgIpc) is 3.45. The van der Waals surface area contributed by atoms with Crippen LogP contribution < -0.4 is 0 Å². The number of aliphatic hydroxyl groups excluding tert-OH is 1. The van der Waals surface area contributed by atoms with Crippen molar-refractivity contribution in [2.45, 2.75) is 102 Å². The van der Waals surface area contributed by atoms with E-state index in [1.165, 1.54) is 39.8 Å². The third-order valence-corrected chi connectivity index (χ3v) is 12.7. The van der Waals surface area contributed by atoms with Crippen molar-refractivity contribution in [1.29, 1.82) is 0 Å². The Bertz CT molecular complexity index is 2110. The van der Waals surface area contributed by atoms with Crippen LogP contribution in [0.5, 0.6) is 0 Å². The minimum atomic E-state index is -1.91. The molecule has 0 spiro atoms. The molecule has 0 bridgehead atoms. The predicted octanol–water partition coefficient (Wildman–Crippen LogP) is 5.17. The highest BCUT2D eigenvalue weighted by atomic mass is 16.6. The maximum atomic E-state index is 14.5. The highest BCUT2D eigenvalue weighted by Crippen LogP contribution is 2.69. The van der Waals surface area contributed by atoms with Gasteiger partial charge in [0.15, 0.2) is 5.60 Å². The number of carbonyl (C=O) groups is 5. The lowest BCUT2D eigenvalue weighted by Gasteiger charge is -2.65. The summed E-state index contributed by atoms with van der Waals surface area (Å²) in [6.07, 6.45) is -8.57. The molecule has 13 heteroatoms. The van der Waals surface area contributed by atoms with E-state index in [2.05, 4.69) is 0 Å². The molecule has 0 radical (unpaired) electrons. The van der Waals surface area contributed by atoms with Crippen molar-refractivity contribution >= 4 is 29.8 Å². The van der Waals surface area contributed by atoms with E-state index < -0.39 is 94.4 Å². The maximum absolute atomic E-state index is 14.5. The summed E-state index contributed by atoms with van der Waals surface area (Å²) in [7, 11) is 0. The van der Waals surface area contributed by atoms with Gasteiger partial charge in [0.2, 0.25) is 0 Å². The molecule has 2 saturated carbocycles. The summed E-state index contributed by atoms with van der Waals surface area (Å²) in [6, 6.07) is 24.5. The van der Waals surface area contributed by atoms with E-state index >= 15 is 0 Å². The average molecular weight is 797 g/mol. The van der Waals surface area contributed by atoms with E-state index in [9.17, 15) is 34.2 Å². The summed E-state index contributed by atoms with van der Waals surface area (Å²) in [6.45, 7) is 8.49. The largest absolute Gasteiger partial charge is 0.458 e. The molecule has 1 saturated heterocycles. The number of esters is 5. The van der Waals surface area contributed by atoms with Crippen LogP contribution in [-0.2, 0) is 38.0 Å². The van der Waals surface area contributed by atoms with Gasteiger partial charge < -0.3 is 38.6 Å². The van der Waals surface area contributed by atoms with Gasteiger partial charge in [0.25, 0.3) is 0 Å². The fraction of sp³-hybridized carbons (Fsp3) is 0.444. The number of ether oxygens (including phenoxy) is 6. The molecule has 3 fully saturated rings. The summed E-state index contributed by atoms with van der Waals surface area (Å²) < 4.78 is 37.9. The molecule has 10 atom stereocenters. The molecule has 13 nitrogen and oxygen atoms in total.